The molecule has 0 aromatic carbocycles. The van der Waals surface area contributed by atoms with Gasteiger partial charge in [-0.25, -0.2) is 15.0 Å². The monoisotopic (exact) mass is 297 g/mol. The van der Waals surface area contributed by atoms with Crippen LogP contribution in [0.3, 0.4) is 0 Å². The molecule has 1 fully saturated rings. The summed E-state index contributed by atoms with van der Waals surface area (Å²) in [5.74, 6) is 0.862. The lowest BCUT2D eigenvalue weighted by Crippen LogP contribution is -2.32. The number of fused-ring (bicyclic) bond motifs is 1. The van der Waals surface area contributed by atoms with E-state index in [0.717, 1.165) is 0 Å². The molecule has 4 atom stereocenters. The summed E-state index contributed by atoms with van der Waals surface area (Å²) in [5, 5.41) is 20.2. The number of nitrogens with zero attached hydrogens (tertiary/aromatic N) is 4. The van der Waals surface area contributed by atoms with Gasteiger partial charge >= 0.3 is 0 Å². The first-order valence-electron chi connectivity index (χ1n) is 6.07. The van der Waals surface area contributed by atoms with Gasteiger partial charge in [0, 0.05) is 5.75 Å². The lowest BCUT2D eigenvalue weighted by molar-refractivity contribution is -0.0288. The first-order chi connectivity index (χ1) is 9.63. The number of rotatable bonds is 3. The van der Waals surface area contributed by atoms with Gasteiger partial charge in [0.2, 0.25) is 0 Å². The predicted molar refractivity (Wildman–Crippen MR) is 74.0 cm³/mol. The van der Waals surface area contributed by atoms with Gasteiger partial charge in [-0.2, -0.15) is 11.8 Å². The van der Waals surface area contributed by atoms with E-state index in [1.807, 2.05) is 6.26 Å². The summed E-state index contributed by atoms with van der Waals surface area (Å²) in [6.45, 7) is 0. The Bertz CT molecular complexity index is 621. The molecule has 2 aromatic heterocycles. The molecule has 9 heteroatoms. The second kappa shape index (κ2) is 5.17. The fourth-order valence-electron chi connectivity index (χ4n) is 2.32. The summed E-state index contributed by atoms with van der Waals surface area (Å²) in [4.78, 5) is 12.1. The van der Waals surface area contributed by atoms with Crippen LogP contribution in [0.4, 0.5) is 5.82 Å². The van der Waals surface area contributed by atoms with Crippen molar-refractivity contribution in [2.45, 2.75) is 24.5 Å². The number of aromatic nitrogens is 4. The number of nitrogens with two attached hydrogens (primary N) is 1. The van der Waals surface area contributed by atoms with Crippen molar-refractivity contribution in [3.63, 3.8) is 0 Å². The van der Waals surface area contributed by atoms with Crippen molar-refractivity contribution in [3.8, 4) is 0 Å². The molecule has 0 radical (unpaired) electrons. The van der Waals surface area contributed by atoms with Crippen LogP contribution in [0.2, 0.25) is 0 Å². The zero-order chi connectivity index (χ0) is 14.3. The van der Waals surface area contributed by atoms with Crippen LogP contribution in [0.15, 0.2) is 12.7 Å². The molecule has 0 spiro atoms. The van der Waals surface area contributed by atoms with Crippen LogP contribution in [0.25, 0.3) is 11.2 Å². The quantitative estimate of drug-likeness (QED) is 0.686. The van der Waals surface area contributed by atoms with Crippen molar-refractivity contribution in [2.75, 3.05) is 17.7 Å². The van der Waals surface area contributed by atoms with Gasteiger partial charge in [0.25, 0.3) is 0 Å². The molecule has 8 nitrogen and oxygen atoms in total. The average molecular weight is 297 g/mol. The lowest BCUT2D eigenvalue weighted by Gasteiger charge is -2.16. The third-order valence-corrected chi connectivity index (χ3v) is 3.99. The Balaban J connectivity index is 1.97. The molecule has 0 aliphatic carbocycles. The van der Waals surface area contributed by atoms with Gasteiger partial charge in [-0.15, -0.1) is 0 Å². The number of hydrogen-bond acceptors (Lipinski definition) is 8. The van der Waals surface area contributed by atoms with E-state index in [1.54, 1.807) is 16.3 Å². The van der Waals surface area contributed by atoms with Crippen LogP contribution in [0, 0.1) is 0 Å². The van der Waals surface area contributed by atoms with Crippen LogP contribution < -0.4 is 5.73 Å². The topological polar surface area (TPSA) is 119 Å². The molecule has 1 saturated heterocycles. The molecule has 1 aliphatic heterocycles. The largest absolute Gasteiger partial charge is 0.387 e. The summed E-state index contributed by atoms with van der Waals surface area (Å²) in [7, 11) is 0. The third kappa shape index (κ3) is 2.03. The van der Waals surface area contributed by atoms with E-state index in [-0.39, 0.29) is 5.82 Å². The van der Waals surface area contributed by atoms with E-state index in [2.05, 4.69) is 15.0 Å². The van der Waals surface area contributed by atoms with Crippen LogP contribution in [-0.2, 0) is 4.74 Å². The van der Waals surface area contributed by atoms with Gasteiger partial charge in [-0.05, 0) is 6.26 Å². The van der Waals surface area contributed by atoms with E-state index in [4.69, 9.17) is 10.5 Å². The highest BCUT2D eigenvalue weighted by Gasteiger charge is 2.43. The van der Waals surface area contributed by atoms with Crippen LogP contribution in [0.1, 0.15) is 6.23 Å². The van der Waals surface area contributed by atoms with Gasteiger partial charge in [-0.3, -0.25) is 4.57 Å². The van der Waals surface area contributed by atoms with E-state index < -0.39 is 24.5 Å². The maximum absolute atomic E-state index is 10.1. The van der Waals surface area contributed by atoms with Crippen LogP contribution in [-0.4, -0.2) is 60.1 Å². The minimum atomic E-state index is -1.04. The lowest BCUT2D eigenvalue weighted by atomic mass is 10.1. The molecule has 0 saturated carbocycles. The molecular formula is C11H15N5O3S. The minimum Gasteiger partial charge on any atom is -0.387 e. The Morgan fingerprint density at radius 2 is 2.15 bits per heavy atom. The van der Waals surface area contributed by atoms with E-state index in [9.17, 15) is 10.2 Å². The maximum atomic E-state index is 10.1. The predicted octanol–water partition coefficient (Wildman–Crippen LogP) is -0.609. The van der Waals surface area contributed by atoms with Gasteiger partial charge in [0.15, 0.2) is 17.7 Å². The standard InChI is InChI=1S/C11H15N5O3S/c1-20-2-5-7(17)8(18)11(19-5)16-4-15-6-9(12)13-3-14-10(6)16/h3-5,7-8,11,17-18H,2H2,1H3,(H2,12,13,14)/t5-,7-,8-,11+/m1/s1. The number of imidazole rings is 1. The highest BCUT2D eigenvalue weighted by Crippen LogP contribution is 2.32. The van der Waals surface area contributed by atoms with Crippen molar-refractivity contribution < 1.29 is 14.9 Å². The summed E-state index contributed by atoms with van der Waals surface area (Å²) < 4.78 is 7.29. The number of anilines is 1. The fraction of sp³-hybridized carbons (Fsp3) is 0.545. The van der Waals surface area contributed by atoms with Gasteiger partial charge in [-0.1, -0.05) is 0 Å². The molecule has 0 unspecified atom stereocenters. The van der Waals surface area contributed by atoms with Gasteiger partial charge in [0.1, 0.15) is 24.1 Å². The summed E-state index contributed by atoms with van der Waals surface area (Å²) in [5.41, 5.74) is 6.64. The highest BCUT2D eigenvalue weighted by atomic mass is 32.2. The molecule has 108 valence electrons. The first kappa shape index (κ1) is 13.6. The minimum absolute atomic E-state index is 0.266. The van der Waals surface area contributed by atoms with Crippen molar-refractivity contribution >= 4 is 28.7 Å². The first-order valence-corrected chi connectivity index (χ1v) is 7.46. The SMILES string of the molecule is CSC[C@H]1O[C@H](n2cnc3c(N)ncnc32)[C@H](O)[C@@H]1O. The summed E-state index contributed by atoms with van der Waals surface area (Å²) in [6, 6.07) is 0. The summed E-state index contributed by atoms with van der Waals surface area (Å²) >= 11 is 1.54. The number of nitrogen functional groups attached to an aromatic ring is 1. The zero-order valence-corrected chi connectivity index (χ0v) is 11.6. The molecule has 1 aliphatic rings. The molecule has 3 heterocycles. The molecule has 20 heavy (non-hydrogen) atoms. The molecule has 0 amide bonds. The van der Waals surface area contributed by atoms with Crippen molar-refractivity contribution in [2.24, 2.45) is 0 Å². The average Bonchev–Trinajstić information content (AvgIpc) is 2.97. The zero-order valence-electron chi connectivity index (χ0n) is 10.7. The van der Waals surface area contributed by atoms with Crippen LogP contribution >= 0.6 is 11.8 Å². The second-order valence-electron chi connectivity index (χ2n) is 4.58. The number of hydrogen-bond donors (Lipinski definition) is 3. The van der Waals surface area contributed by atoms with Crippen LogP contribution in [0.5, 0.6) is 0 Å². The number of aliphatic hydroxyl groups excluding tert-OH is 2. The molecular weight excluding hydrogens is 282 g/mol. The Kier molecular flexibility index (Phi) is 3.50. The van der Waals surface area contributed by atoms with Gasteiger partial charge in [0.05, 0.1) is 12.4 Å². The van der Waals surface area contributed by atoms with Crippen molar-refractivity contribution in [3.05, 3.63) is 12.7 Å². The normalized spacial score (nSPS) is 30.1. The highest BCUT2D eigenvalue weighted by molar-refractivity contribution is 7.98. The number of thioether (sulfide) groups is 1. The van der Waals surface area contributed by atoms with Gasteiger partial charge < -0.3 is 20.7 Å². The molecule has 3 rings (SSSR count). The van der Waals surface area contributed by atoms with Crippen molar-refractivity contribution in [1.82, 2.24) is 19.5 Å². The smallest absolute Gasteiger partial charge is 0.167 e. The third-order valence-electron chi connectivity index (χ3n) is 3.33. The molecule has 2 aromatic rings. The van der Waals surface area contributed by atoms with Crippen molar-refractivity contribution in [1.29, 1.82) is 0 Å². The fourth-order valence-corrected chi connectivity index (χ4v) is 2.92. The summed E-state index contributed by atoms with van der Waals surface area (Å²) in [6.07, 6.45) is 1.58. The molecule has 0 bridgehead atoms. The number of ether oxygens (including phenoxy) is 1. The van der Waals surface area contributed by atoms with E-state index >= 15 is 0 Å². The Morgan fingerprint density at radius 3 is 2.90 bits per heavy atom. The van der Waals surface area contributed by atoms with E-state index in [1.165, 1.54) is 12.7 Å². The molecule has 4 N–H and O–H groups in total. The van der Waals surface area contributed by atoms with E-state index in [0.29, 0.717) is 16.9 Å². The number of aliphatic hydroxyl groups is 2. The Labute approximate surface area is 119 Å². The Hall–Kier alpha value is -1.42. The maximum Gasteiger partial charge on any atom is 0.167 e. The second-order valence-corrected chi connectivity index (χ2v) is 5.50. The Morgan fingerprint density at radius 1 is 1.35 bits per heavy atom.